The Bertz CT molecular complexity index is 172. The summed E-state index contributed by atoms with van der Waals surface area (Å²) in [4.78, 5) is 12.0. The zero-order chi connectivity index (χ0) is 10.8. The fraction of sp³-hybridized carbons (Fsp3) is 0.700. The van der Waals surface area contributed by atoms with Gasteiger partial charge in [0, 0.05) is 13.1 Å². The smallest absolute Gasteiger partial charge is 0.407 e. The van der Waals surface area contributed by atoms with E-state index in [1.54, 1.807) is 6.08 Å². The summed E-state index contributed by atoms with van der Waals surface area (Å²) in [5.41, 5.74) is 5.35. The molecule has 0 saturated carbocycles. The number of unbranched alkanes of at least 4 members (excludes halogenated alkanes) is 3. The first-order valence-corrected chi connectivity index (χ1v) is 5.01. The first-order valence-electron chi connectivity index (χ1n) is 5.01. The Balaban J connectivity index is 3.50. The quantitative estimate of drug-likeness (QED) is 0.462. The number of nitrogens with two attached hydrogens (primary N) is 1. The molecule has 0 fully saturated rings. The summed E-state index contributed by atoms with van der Waals surface area (Å²) in [5, 5.41) is 8.77. The SMILES string of the molecule is C=CCN(CCCCCCN)C(=O)O. The third kappa shape index (κ3) is 6.48. The van der Waals surface area contributed by atoms with Gasteiger partial charge in [0.25, 0.3) is 0 Å². The van der Waals surface area contributed by atoms with Crippen LogP contribution < -0.4 is 5.73 Å². The molecule has 0 aliphatic heterocycles. The Labute approximate surface area is 85.4 Å². The summed E-state index contributed by atoms with van der Waals surface area (Å²) in [6, 6.07) is 0. The highest BCUT2D eigenvalue weighted by atomic mass is 16.4. The van der Waals surface area contributed by atoms with Gasteiger partial charge in [0.2, 0.25) is 0 Å². The minimum absolute atomic E-state index is 0.409. The molecule has 3 N–H and O–H groups in total. The number of carbonyl (C=O) groups is 1. The van der Waals surface area contributed by atoms with Gasteiger partial charge in [-0.25, -0.2) is 4.79 Å². The number of carboxylic acid groups (broad SMARTS) is 1. The van der Waals surface area contributed by atoms with Crippen LogP contribution in [0.15, 0.2) is 12.7 Å². The van der Waals surface area contributed by atoms with E-state index in [1.165, 1.54) is 4.90 Å². The Hall–Kier alpha value is -1.03. The number of hydrogen-bond donors (Lipinski definition) is 2. The van der Waals surface area contributed by atoms with Crippen molar-refractivity contribution in [1.82, 2.24) is 4.90 Å². The van der Waals surface area contributed by atoms with Crippen LogP contribution in [-0.2, 0) is 0 Å². The van der Waals surface area contributed by atoms with E-state index < -0.39 is 6.09 Å². The van der Waals surface area contributed by atoms with E-state index in [0.29, 0.717) is 13.1 Å². The van der Waals surface area contributed by atoms with E-state index in [9.17, 15) is 4.79 Å². The monoisotopic (exact) mass is 200 g/mol. The molecule has 0 aromatic rings. The van der Waals surface area contributed by atoms with E-state index in [4.69, 9.17) is 10.8 Å². The topological polar surface area (TPSA) is 66.6 Å². The molecule has 0 spiro atoms. The van der Waals surface area contributed by atoms with Gasteiger partial charge in [-0.15, -0.1) is 6.58 Å². The van der Waals surface area contributed by atoms with Crippen molar-refractivity contribution >= 4 is 6.09 Å². The average molecular weight is 200 g/mol. The van der Waals surface area contributed by atoms with Crippen molar-refractivity contribution in [3.63, 3.8) is 0 Å². The van der Waals surface area contributed by atoms with Crippen LogP contribution in [0.5, 0.6) is 0 Å². The van der Waals surface area contributed by atoms with Gasteiger partial charge in [-0.2, -0.15) is 0 Å². The highest BCUT2D eigenvalue weighted by molar-refractivity contribution is 5.65. The van der Waals surface area contributed by atoms with E-state index in [2.05, 4.69) is 6.58 Å². The molecule has 0 rings (SSSR count). The second-order valence-corrected chi connectivity index (χ2v) is 3.22. The van der Waals surface area contributed by atoms with Gasteiger partial charge in [-0.3, -0.25) is 0 Å². The largest absolute Gasteiger partial charge is 0.465 e. The Morgan fingerprint density at radius 3 is 2.50 bits per heavy atom. The van der Waals surface area contributed by atoms with E-state index >= 15 is 0 Å². The van der Waals surface area contributed by atoms with E-state index in [-0.39, 0.29) is 0 Å². The van der Waals surface area contributed by atoms with Gasteiger partial charge >= 0.3 is 6.09 Å². The van der Waals surface area contributed by atoms with Crippen LogP contribution >= 0.6 is 0 Å². The summed E-state index contributed by atoms with van der Waals surface area (Å²) in [6.07, 6.45) is 4.78. The second kappa shape index (κ2) is 8.56. The summed E-state index contributed by atoms with van der Waals surface area (Å²) in [5.74, 6) is 0. The predicted molar refractivity (Wildman–Crippen MR) is 57.3 cm³/mol. The Kier molecular flexibility index (Phi) is 7.93. The highest BCUT2D eigenvalue weighted by Gasteiger charge is 2.07. The van der Waals surface area contributed by atoms with Gasteiger partial charge in [0.15, 0.2) is 0 Å². The fourth-order valence-electron chi connectivity index (χ4n) is 1.22. The van der Waals surface area contributed by atoms with Crippen LogP contribution in [0.25, 0.3) is 0 Å². The lowest BCUT2D eigenvalue weighted by Gasteiger charge is -2.16. The van der Waals surface area contributed by atoms with Crippen LogP contribution in [-0.4, -0.2) is 35.7 Å². The van der Waals surface area contributed by atoms with Crippen LogP contribution in [0.2, 0.25) is 0 Å². The summed E-state index contributed by atoms with van der Waals surface area (Å²) >= 11 is 0. The van der Waals surface area contributed by atoms with Crippen molar-refractivity contribution in [3.05, 3.63) is 12.7 Å². The first-order chi connectivity index (χ1) is 6.72. The number of amides is 1. The van der Waals surface area contributed by atoms with Gasteiger partial charge in [0.05, 0.1) is 0 Å². The minimum Gasteiger partial charge on any atom is -0.465 e. The molecule has 0 heterocycles. The molecular formula is C10H20N2O2. The predicted octanol–water partition coefficient (Wildman–Crippen LogP) is 1.67. The maximum absolute atomic E-state index is 10.7. The summed E-state index contributed by atoms with van der Waals surface area (Å²) in [7, 11) is 0. The third-order valence-electron chi connectivity index (χ3n) is 2.00. The van der Waals surface area contributed by atoms with E-state index in [1.807, 2.05) is 0 Å². The normalized spacial score (nSPS) is 9.79. The molecule has 0 aliphatic rings. The standard InChI is InChI=1S/C10H20N2O2/c1-2-8-12(10(13)14)9-6-4-3-5-7-11/h2H,1,3-9,11H2,(H,13,14). The van der Waals surface area contributed by atoms with Crippen LogP contribution in [0.3, 0.4) is 0 Å². The zero-order valence-corrected chi connectivity index (χ0v) is 8.61. The molecule has 4 nitrogen and oxygen atoms in total. The fourth-order valence-corrected chi connectivity index (χ4v) is 1.22. The molecule has 0 aromatic heterocycles. The molecule has 4 heteroatoms. The van der Waals surface area contributed by atoms with Crippen molar-refractivity contribution in [3.8, 4) is 0 Å². The van der Waals surface area contributed by atoms with Crippen LogP contribution in [0, 0.1) is 0 Å². The molecule has 0 radical (unpaired) electrons. The molecule has 0 saturated heterocycles. The van der Waals surface area contributed by atoms with Gasteiger partial charge < -0.3 is 15.7 Å². The van der Waals surface area contributed by atoms with Crippen molar-refractivity contribution in [1.29, 1.82) is 0 Å². The van der Waals surface area contributed by atoms with Crippen LogP contribution in [0.4, 0.5) is 4.79 Å². The van der Waals surface area contributed by atoms with Crippen LogP contribution in [0.1, 0.15) is 25.7 Å². The molecule has 82 valence electrons. The molecule has 0 unspecified atom stereocenters. The maximum Gasteiger partial charge on any atom is 0.407 e. The molecule has 0 atom stereocenters. The number of nitrogens with zero attached hydrogens (tertiary/aromatic N) is 1. The first kappa shape index (κ1) is 13.0. The van der Waals surface area contributed by atoms with Crippen molar-refractivity contribution < 1.29 is 9.90 Å². The highest BCUT2D eigenvalue weighted by Crippen LogP contribution is 2.01. The molecule has 0 aromatic carbocycles. The number of hydrogen-bond acceptors (Lipinski definition) is 2. The zero-order valence-electron chi connectivity index (χ0n) is 8.61. The average Bonchev–Trinajstić information content (AvgIpc) is 2.15. The van der Waals surface area contributed by atoms with Gasteiger partial charge in [0.1, 0.15) is 0 Å². The third-order valence-corrected chi connectivity index (χ3v) is 2.00. The molecular weight excluding hydrogens is 180 g/mol. The Morgan fingerprint density at radius 1 is 1.36 bits per heavy atom. The lowest BCUT2D eigenvalue weighted by molar-refractivity contribution is 0.149. The number of rotatable bonds is 8. The van der Waals surface area contributed by atoms with Crippen molar-refractivity contribution in [2.75, 3.05) is 19.6 Å². The van der Waals surface area contributed by atoms with Crippen molar-refractivity contribution in [2.24, 2.45) is 5.73 Å². The second-order valence-electron chi connectivity index (χ2n) is 3.22. The molecule has 14 heavy (non-hydrogen) atoms. The van der Waals surface area contributed by atoms with Gasteiger partial charge in [-0.05, 0) is 19.4 Å². The minimum atomic E-state index is -0.872. The summed E-state index contributed by atoms with van der Waals surface area (Å²) < 4.78 is 0. The van der Waals surface area contributed by atoms with E-state index in [0.717, 1.165) is 32.2 Å². The molecule has 0 aliphatic carbocycles. The lowest BCUT2D eigenvalue weighted by atomic mass is 10.2. The molecule has 0 bridgehead atoms. The maximum atomic E-state index is 10.7. The summed E-state index contributed by atoms with van der Waals surface area (Å²) in [6.45, 7) is 5.23. The lowest BCUT2D eigenvalue weighted by Crippen LogP contribution is -2.30. The Morgan fingerprint density at radius 2 is 2.00 bits per heavy atom. The van der Waals surface area contributed by atoms with Gasteiger partial charge in [-0.1, -0.05) is 18.9 Å². The van der Waals surface area contributed by atoms with Crippen molar-refractivity contribution in [2.45, 2.75) is 25.7 Å². The molecule has 1 amide bonds.